The molecule has 112 valence electrons. The van der Waals surface area contributed by atoms with Crippen molar-refractivity contribution >= 4 is 23.7 Å². The van der Waals surface area contributed by atoms with Crippen LogP contribution in [0.4, 0.5) is 4.79 Å². The van der Waals surface area contributed by atoms with E-state index in [1.54, 1.807) is 11.8 Å². The number of nitrogens with one attached hydrogen (secondary N) is 1. The molecule has 0 radical (unpaired) electrons. The lowest BCUT2D eigenvalue weighted by Crippen LogP contribution is -2.39. The van der Waals surface area contributed by atoms with Gasteiger partial charge in [-0.15, -0.1) is 11.8 Å². The van der Waals surface area contributed by atoms with Crippen LogP contribution in [-0.2, 0) is 11.2 Å². The van der Waals surface area contributed by atoms with Crippen LogP contribution in [0.25, 0.3) is 0 Å². The summed E-state index contributed by atoms with van der Waals surface area (Å²) in [7, 11) is 0. The van der Waals surface area contributed by atoms with Gasteiger partial charge in [0.1, 0.15) is 0 Å². The molecule has 3 rings (SSSR count). The zero-order chi connectivity index (χ0) is 14.8. The van der Waals surface area contributed by atoms with Crippen LogP contribution in [0.15, 0.2) is 24.3 Å². The fourth-order valence-corrected chi connectivity index (χ4v) is 4.47. The zero-order valence-electron chi connectivity index (χ0n) is 12.2. The second-order valence-corrected chi connectivity index (χ2v) is 7.13. The lowest BCUT2D eigenvalue weighted by molar-refractivity contribution is -0.126. The molecule has 5 heteroatoms. The maximum absolute atomic E-state index is 12.4. The Morgan fingerprint density at radius 1 is 1.43 bits per heavy atom. The van der Waals surface area contributed by atoms with E-state index in [4.69, 9.17) is 0 Å². The Kier molecular flexibility index (Phi) is 4.19. The van der Waals surface area contributed by atoms with Gasteiger partial charge < -0.3 is 5.32 Å². The molecule has 1 N–H and O–H groups in total. The normalized spacial score (nSPS) is 22.6. The minimum atomic E-state index is -0.253. The first-order valence-electron chi connectivity index (χ1n) is 7.49. The van der Waals surface area contributed by atoms with E-state index in [1.165, 1.54) is 22.4 Å². The Morgan fingerprint density at radius 3 is 3.00 bits per heavy atom. The topological polar surface area (TPSA) is 49.4 Å². The third-order valence-electron chi connectivity index (χ3n) is 4.15. The molecule has 4 nitrogen and oxygen atoms in total. The molecular weight excluding hydrogens is 284 g/mol. The van der Waals surface area contributed by atoms with Gasteiger partial charge in [0.25, 0.3) is 0 Å². The minimum absolute atomic E-state index is 0.0712. The van der Waals surface area contributed by atoms with Gasteiger partial charge in [-0.1, -0.05) is 24.3 Å². The first-order chi connectivity index (χ1) is 10.2. The molecule has 0 spiro atoms. The molecule has 0 saturated carbocycles. The molecule has 21 heavy (non-hydrogen) atoms. The maximum atomic E-state index is 12.4. The van der Waals surface area contributed by atoms with Gasteiger partial charge in [-0.25, -0.2) is 4.79 Å². The second-order valence-electron chi connectivity index (χ2n) is 5.58. The fraction of sp³-hybridized carbons (Fsp3) is 0.500. The van der Waals surface area contributed by atoms with Crippen LogP contribution >= 0.6 is 11.8 Å². The third-order valence-corrected chi connectivity index (χ3v) is 5.58. The molecule has 1 saturated heterocycles. The molecule has 0 unspecified atom stereocenters. The molecule has 1 fully saturated rings. The maximum Gasteiger partial charge on any atom is 0.324 e. The summed E-state index contributed by atoms with van der Waals surface area (Å²) >= 11 is 1.69. The lowest BCUT2D eigenvalue weighted by atomic mass is 9.91. The number of amides is 3. The molecule has 2 aliphatic rings. The number of carbonyl (C=O) groups excluding carboxylic acids is 2. The van der Waals surface area contributed by atoms with Crippen molar-refractivity contribution in [3.05, 3.63) is 35.4 Å². The summed E-state index contributed by atoms with van der Waals surface area (Å²) in [5, 5.41) is 2.85. The average molecular weight is 304 g/mol. The van der Waals surface area contributed by atoms with Crippen LogP contribution in [0, 0.1) is 0 Å². The van der Waals surface area contributed by atoms with Crippen molar-refractivity contribution in [1.82, 2.24) is 10.2 Å². The number of aryl methyl sites for hydroxylation is 1. The Labute approximate surface area is 129 Å². The molecule has 1 heterocycles. The lowest BCUT2D eigenvalue weighted by Gasteiger charge is -2.28. The number of hydrogen-bond donors (Lipinski definition) is 1. The van der Waals surface area contributed by atoms with Gasteiger partial charge in [0.05, 0.1) is 5.25 Å². The summed E-state index contributed by atoms with van der Waals surface area (Å²) in [5.74, 6) is -0.0712. The quantitative estimate of drug-likeness (QED) is 0.934. The number of imide groups is 1. The van der Waals surface area contributed by atoms with Gasteiger partial charge in [0, 0.05) is 18.3 Å². The van der Waals surface area contributed by atoms with Gasteiger partial charge in [0.15, 0.2) is 0 Å². The van der Waals surface area contributed by atoms with Gasteiger partial charge in [-0.2, -0.15) is 0 Å². The standard InChI is InChI=1S/C16H20N2O2S/c1-11(15(19)18-10-9-17-16(18)20)21-14-8-4-6-12-5-2-3-7-13(12)14/h2-3,5,7,11,14H,4,6,8-10H2,1H3,(H,17,20)/t11-,14+/m0/s1. The number of carbonyl (C=O) groups is 2. The average Bonchev–Trinajstić information content (AvgIpc) is 2.93. The van der Waals surface area contributed by atoms with Crippen LogP contribution < -0.4 is 5.32 Å². The molecule has 0 bridgehead atoms. The van der Waals surface area contributed by atoms with Crippen molar-refractivity contribution in [2.24, 2.45) is 0 Å². The second kappa shape index (κ2) is 6.10. The molecule has 1 aromatic carbocycles. The van der Waals surface area contributed by atoms with Gasteiger partial charge in [-0.05, 0) is 37.3 Å². The van der Waals surface area contributed by atoms with E-state index in [0.717, 1.165) is 12.8 Å². The smallest absolute Gasteiger partial charge is 0.324 e. The van der Waals surface area contributed by atoms with Crippen molar-refractivity contribution in [3.63, 3.8) is 0 Å². The molecule has 1 aliphatic heterocycles. The minimum Gasteiger partial charge on any atom is -0.336 e. The third kappa shape index (κ3) is 2.93. The molecule has 1 aliphatic carbocycles. The monoisotopic (exact) mass is 304 g/mol. The van der Waals surface area contributed by atoms with Crippen molar-refractivity contribution in [3.8, 4) is 0 Å². The van der Waals surface area contributed by atoms with Crippen molar-refractivity contribution in [1.29, 1.82) is 0 Å². The molecule has 2 atom stereocenters. The highest BCUT2D eigenvalue weighted by Crippen LogP contribution is 2.41. The fourth-order valence-electron chi connectivity index (χ4n) is 3.06. The van der Waals surface area contributed by atoms with Crippen LogP contribution in [0.2, 0.25) is 0 Å². The number of hydrogen-bond acceptors (Lipinski definition) is 3. The molecular formula is C16H20N2O2S. The van der Waals surface area contributed by atoms with E-state index in [-0.39, 0.29) is 17.2 Å². The molecule has 1 aromatic rings. The number of benzene rings is 1. The Bertz CT molecular complexity index is 561. The number of fused-ring (bicyclic) bond motifs is 1. The Hall–Kier alpha value is -1.49. The zero-order valence-corrected chi connectivity index (χ0v) is 13.0. The highest BCUT2D eigenvalue weighted by Gasteiger charge is 2.32. The highest BCUT2D eigenvalue weighted by molar-refractivity contribution is 8.00. The predicted molar refractivity (Wildman–Crippen MR) is 84.3 cm³/mol. The summed E-state index contributed by atoms with van der Waals surface area (Å²) in [6.45, 7) is 2.97. The van der Waals surface area contributed by atoms with Crippen LogP contribution in [0.1, 0.15) is 36.1 Å². The Morgan fingerprint density at radius 2 is 2.24 bits per heavy atom. The first kappa shape index (κ1) is 14.4. The van der Waals surface area contributed by atoms with Crippen LogP contribution in [0.5, 0.6) is 0 Å². The van der Waals surface area contributed by atoms with Crippen LogP contribution in [0.3, 0.4) is 0 Å². The van der Waals surface area contributed by atoms with E-state index >= 15 is 0 Å². The summed E-state index contributed by atoms with van der Waals surface area (Å²) in [6, 6.07) is 8.25. The van der Waals surface area contributed by atoms with E-state index in [1.807, 2.05) is 6.92 Å². The summed E-state index contributed by atoms with van der Waals surface area (Å²) < 4.78 is 0. The van der Waals surface area contributed by atoms with E-state index in [2.05, 4.69) is 29.6 Å². The van der Waals surface area contributed by atoms with Crippen molar-refractivity contribution in [2.75, 3.05) is 13.1 Å². The number of nitrogens with zero attached hydrogens (tertiary/aromatic N) is 1. The van der Waals surface area contributed by atoms with Gasteiger partial charge >= 0.3 is 6.03 Å². The number of urea groups is 1. The van der Waals surface area contributed by atoms with Crippen molar-refractivity contribution < 1.29 is 9.59 Å². The predicted octanol–water partition coefficient (Wildman–Crippen LogP) is 2.74. The number of rotatable bonds is 3. The van der Waals surface area contributed by atoms with Gasteiger partial charge in [0.2, 0.25) is 5.91 Å². The van der Waals surface area contributed by atoms with E-state index in [9.17, 15) is 9.59 Å². The summed E-state index contributed by atoms with van der Waals surface area (Å²) in [4.78, 5) is 25.3. The molecule has 3 amide bonds. The summed E-state index contributed by atoms with van der Waals surface area (Å²) in [5.41, 5.74) is 2.76. The Balaban J connectivity index is 1.69. The largest absolute Gasteiger partial charge is 0.336 e. The van der Waals surface area contributed by atoms with Gasteiger partial charge in [-0.3, -0.25) is 9.69 Å². The SMILES string of the molecule is C[C@H](S[C@@H]1CCCc2ccccc21)C(=O)N1CCNC1=O. The van der Waals surface area contributed by atoms with Crippen LogP contribution in [-0.4, -0.2) is 35.2 Å². The molecule has 0 aromatic heterocycles. The first-order valence-corrected chi connectivity index (χ1v) is 8.43. The summed E-state index contributed by atoms with van der Waals surface area (Å²) in [6.07, 6.45) is 3.40. The highest BCUT2D eigenvalue weighted by atomic mass is 32.2. The number of thioether (sulfide) groups is 1. The van der Waals surface area contributed by atoms with E-state index < -0.39 is 0 Å². The van der Waals surface area contributed by atoms with E-state index in [0.29, 0.717) is 18.3 Å². The van der Waals surface area contributed by atoms with Crippen molar-refractivity contribution in [2.45, 2.75) is 36.7 Å².